The van der Waals surface area contributed by atoms with E-state index >= 15 is 0 Å². The molecule has 1 N–H and O–H groups in total. The Bertz CT molecular complexity index is 663. The van der Waals surface area contributed by atoms with Gasteiger partial charge < -0.3 is 10.1 Å². The lowest BCUT2D eigenvalue weighted by Crippen LogP contribution is -2.24. The van der Waals surface area contributed by atoms with Crippen molar-refractivity contribution in [1.82, 2.24) is 10.3 Å². The minimum absolute atomic E-state index is 0.103. The summed E-state index contributed by atoms with van der Waals surface area (Å²) in [5.41, 5.74) is 1.22. The zero-order valence-electron chi connectivity index (χ0n) is 11.2. The van der Waals surface area contributed by atoms with Gasteiger partial charge in [-0.1, -0.05) is 42.3 Å². The van der Waals surface area contributed by atoms with Gasteiger partial charge in [-0.2, -0.15) is 4.39 Å². The number of carbonyl (C=O) groups excluding carboxylic acids is 1. The normalized spacial score (nSPS) is 9.38. The highest BCUT2D eigenvalue weighted by Gasteiger charge is 2.00. The smallest absolute Gasteiger partial charge is 0.408 e. The number of pyridine rings is 1. The van der Waals surface area contributed by atoms with Crippen molar-refractivity contribution in [3.05, 3.63) is 65.7 Å². The maximum Gasteiger partial charge on any atom is 0.408 e. The van der Waals surface area contributed by atoms with E-state index in [0.29, 0.717) is 5.69 Å². The number of aromatic nitrogens is 1. The minimum Gasteiger partial charge on any atom is -0.445 e. The lowest BCUT2D eigenvalue weighted by Gasteiger charge is -2.04. The molecule has 0 saturated heterocycles. The van der Waals surface area contributed by atoms with Gasteiger partial charge in [-0.05, 0) is 23.6 Å². The molecule has 1 aromatic heterocycles. The molecule has 21 heavy (non-hydrogen) atoms. The summed E-state index contributed by atoms with van der Waals surface area (Å²) in [5.74, 6) is 4.72. The van der Waals surface area contributed by atoms with Gasteiger partial charge in [0.2, 0.25) is 5.95 Å². The van der Waals surface area contributed by atoms with Crippen molar-refractivity contribution >= 4 is 6.09 Å². The van der Waals surface area contributed by atoms with E-state index in [-0.39, 0.29) is 13.2 Å². The SMILES string of the molecule is O=C(NCC#Cc1cccc(F)n1)OCc1ccccc1. The largest absolute Gasteiger partial charge is 0.445 e. The van der Waals surface area contributed by atoms with Crippen molar-refractivity contribution < 1.29 is 13.9 Å². The zero-order valence-corrected chi connectivity index (χ0v) is 11.2. The van der Waals surface area contributed by atoms with Crippen molar-refractivity contribution in [3.63, 3.8) is 0 Å². The summed E-state index contributed by atoms with van der Waals surface area (Å²) in [7, 11) is 0. The molecule has 1 aromatic carbocycles. The van der Waals surface area contributed by atoms with Crippen LogP contribution in [0.5, 0.6) is 0 Å². The predicted molar refractivity (Wildman–Crippen MR) is 75.7 cm³/mol. The summed E-state index contributed by atoms with van der Waals surface area (Å²) in [4.78, 5) is 15.0. The number of nitrogens with one attached hydrogen (secondary N) is 1. The minimum atomic E-state index is -0.586. The molecule has 2 aromatic rings. The van der Waals surface area contributed by atoms with E-state index in [1.807, 2.05) is 30.3 Å². The maximum absolute atomic E-state index is 12.8. The molecule has 4 nitrogen and oxygen atoms in total. The number of hydrogen-bond acceptors (Lipinski definition) is 3. The number of carbonyl (C=O) groups is 1. The number of nitrogens with zero attached hydrogens (tertiary/aromatic N) is 1. The van der Waals surface area contributed by atoms with Crippen LogP contribution in [-0.2, 0) is 11.3 Å². The van der Waals surface area contributed by atoms with E-state index < -0.39 is 12.0 Å². The molecule has 0 atom stereocenters. The van der Waals surface area contributed by atoms with Crippen molar-refractivity contribution in [2.75, 3.05) is 6.54 Å². The summed E-state index contributed by atoms with van der Waals surface area (Å²) in [5, 5.41) is 2.48. The van der Waals surface area contributed by atoms with Crippen molar-refractivity contribution in [1.29, 1.82) is 0 Å². The van der Waals surface area contributed by atoms with Crippen LogP contribution in [0.15, 0.2) is 48.5 Å². The molecule has 2 rings (SSSR count). The van der Waals surface area contributed by atoms with Gasteiger partial charge in [0, 0.05) is 0 Å². The number of alkyl carbamates (subject to hydrolysis) is 1. The summed E-state index contributed by atoms with van der Waals surface area (Å²) in [6, 6.07) is 13.7. The molecular formula is C16H13FN2O2. The lowest BCUT2D eigenvalue weighted by molar-refractivity contribution is 0.141. The lowest BCUT2D eigenvalue weighted by atomic mass is 10.2. The second-order valence-corrected chi connectivity index (χ2v) is 4.06. The summed E-state index contributed by atoms with van der Waals surface area (Å²) < 4.78 is 17.8. The van der Waals surface area contributed by atoms with Crippen molar-refractivity contribution in [2.45, 2.75) is 6.61 Å². The molecule has 0 saturated carbocycles. The average Bonchev–Trinajstić information content (AvgIpc) is 2.51. The van der Waals surface area contributed by atoms with Gasteiger partial charge in [0.1, 0.15) is 12.3 Å². The first-order valence-electron chi connectivity index (χ1n) is 6.30. The van der Waals surface area contributed by atoms with E-state index in [1.165, 1.54) is 12.1 Å². The van der Waals surface area contributed by atoms with E-state index in [4.69, 9.17) is 4.74 Å². The van der Waals surface area contributed by atoms with E-state index in [0.717, 1.165) is 5.56 Å². The third kappa shape index (κ3) is 5.33. The number of amides is 1. The zero-order chi connectivity index (χ0) is 14.9. The molecule has 0 fully saturated rings. The average molecular weight is 284 g/mol. The molecule has 1 heterocycles. The number of benzene rings is 1. The van der Waals surface area contributed by atoms with Crippen molar-refractivity contribution in [2.24, 2.45) is 0 Å². The van der Waals surface area contributed by atoms with Crippen LogP contribution in [0.1, 0.15) is 11.3 Å². The van der Waals surface area contributed by atoms with Gasteiger partial charge in [0.15, 0.2) is 0 Å². The fourth-order valence-electron chi connectivity index (χ4n) is 1.50. The Morgan fingerprint density at radius 1 is 1.19 bits per heavy atom. The van der Waals surface area contributed by atoms with Crippen LogP contribution in [0.3, 0.4) is 0 Å². The van der Waals surface area contributed by atoms with Gasteiger partial charge in [-0.25, -0.2) is 9.78 Å². The number of ether oxygens (including phenoxy) is 1. The van der Waals surface area contributed by atoms with E-state index in [1.54, 1.807) is 6.07 Å². The predicted octanol–water partition coefficient (Wildman–Crippen LogP) is 2.50. The summed E-state index contributed by atoms with van der Waals surface area (Å²) in [6.07, 6.45) is -0.555. The number of rotatable bonds is 3. The topological polar surface area (TPSA) is 51.2 Å². The quantitative estimate of drug-likeness (QED) is 0.696. The van der Waals surface area contributed by atoms with Crippen LogP contribution in [0.2, 0.25) is 0 Å². The molecule has 1 amide bonds. The fourth-order valence-corrected chi connectivity index (χ4v) is 1.50. The van der Waals surface area contributed by atoms with Gasteiger partial charge in [-0.15, -0.1) is 0 Å². The Balaban J connectivity index is 1.72. The first-order chi connectivity index (χ1) is 10.2. The van der Waals surface area contributed by atoms with Crippen LogP contribution in [-0.4, -0.2) is 17.6 Å². The standard InChI is InChI=1S/C16H13FN2O2/c17-15-10-4-8-14(19-15)9-5-11-18-16(20)21-12-13-6-2-1-3-7-13/h1-4,6-8,10H,11-12H2,(H,18,20). The molecular weight excluding hydrogens is 271 g/mol. The van der Waals surface area contributed by atoms with Gasteiger partial charge in [-0.3, -0.25) is 0 Å². The molecule has 0 bridgehead atoms. The highest BCUT2D eigenvalue weighted by molar-refractivity contribution is 5.67. The molecule has 0 radical (unpaired) electrons. The fraction of sp³-hybridized carbons (Fsp3) is 0.125. The highest BCUT2D eigenvalue weighted by Crippen LogP contribution is 2.00. The van der Waals surface area contributed by atoms with Crippen molar-refractivity contribution in [3.8, 4) is 11.8 Å². The first-order valence-corrected chi connectivity index (χ1v) is 6.30. The van der Waals surface area contributed by atoms with Gasteiger partial charge in [0.25, 0.3) is 0 Å². The highest BCUT2D eigenvalue weighted by atomic mass is 19.1. The monoisotopic (exact) mass is 284 g/mol. The van der Waals surface area contributed by atoms with Crippen LogP contribution in [0.4, 0.5) is 9.18 Å². The van der Waals surface area contributed by atoms with Crippen LogP contribution >= 0.6 is 0 Å². The van der Waals surface area contributed by atoms with Gasteiger partial charge >= 0.3 is 6.09 Å². The second-order valence-electron chi connectivity index (χ2n) is 4.06. The molecule has 5 heteroatoms. The van der Waals surface area contributed by atoms with Crippen LogP contribution in [0.25, 0.3) is 0 Å². The summed E-state index contributed by atoms with van der Waals surface area (Å²) >= 11 is 0. The van der Waals surface area contributed by atoms with Crippen LogP contribution < -0.4 is 5.32 Å². The molecule has 0 aliphatic carbocycles. The Morgan fingerprint density at radius 3 is 2.76 bits per heavy atom. The number of halogens is 1. The number of hydrogen-bond donors (Lipinski definition) is 1. The Kier molecular flexibility index (Phi) is 5.30. The second kappa shape index (κ2) is 7.65. The molecule has 0 spiro atoms. The molecule has 106 valence electrons. The third-order valence-corrected chi connectivity index (χ3v) is 2.47. The maximum atomic E-state index is 12.8. The first kappa shape index (κ1) is 14.5. The Morgan fingerprint density at radius 2 is 2.00 bits per heavy atom. The molecule has 0 aliphatic rings. The summed E-state index contributed by atoms with van der Waals surface area (Å²) in [6.45, 7) is 0.303. The Hall–Kier alpha value is -2.87. The van der Waals surface area contributed by atoms with Crippen LogP contribution in [0, 0.1) is 17.8 Å². The van der Waals surface area contributed by atoms with E-state index in [9.17, 15) is 9.18 Å². The molecule has 0 aliphatic heterocycles. The van der Waals surface area contributed by atoms with E-state index in [2.05, 4.69) is 22.1 Å². The van der Waals surface area contributed by atoms with Gasteiger partial charge in [0.05, 0.1) is 6.54 Å². The molecule has 0 unspecified atom stereocenters. The Labute approximate surface area is 122 Å². The third-order valence-electron chi connectivity index (χ3n) is 2.47.